The van der Waals surface area contributed by atoms with E-state index in [2.05, 4.69) is 0 Å². The number of aliphatic hydroxyl groups is 1. The molecule has 1 unspecified atom stereocenters. The number of rotatable bonds is 2. The standard InChI is InChI=1S/C8H12F2O/c9-8(10)7(11)5-6-3-1-2-4-6/h5,7-8,11H,1-4H2. The topological polar surface area (TPSA) is 20.2 Å². The Morgan fingerprint density at radius 2 is 1.82 bits per heavy atom. The highest BCUT2D eigenvalue weighted by Gasteiger charge is 2.16. The molecule has 0 bridgehead atoms. The van der Waals surface area contributed by atoms with Gasteiger partial charge in [0.15, 0.2) is 0 Å². The molecule has 1 N–H and O–H groups in total. The summed E-state index contributed by atoms with van der Waals surface area (Å²) in [6.45, 7) is 0. The maximum atomic E-state index is 11.8. The number of allylic oxidation sites excluding steroid dienone is 1. The average molecular weight is 162 g/mol. The van der Waals surface area contributed by atoms with E-state index in [1.807, 2.05) is 0 Å². The van der Waals surface area contributed by atoms with Gasteiger partial charge in [0.25, 0.3) is 6.43 Å². The smallest absolute Gasteiger partial charge is 0.267 e. The van der Waals surface area contributed by atoms with E-state index in [-0.39, 0.29) is 0 Å². The van der Waals surface area contributed by atoms with Crippen LogP contribution in [-0.2, 0) is 0 Å². The SMILES string of the molecule is OC(C=C1CCCC1)C(F)F. The van der Waals surface area contributed by atoms with Crippen molar-refractivity contribution in [1.82, 2.24) is 0 Å². The maximum Gasteiger partial charge on any atom is 0.267 e. The van der Waals surface area contributed by atoms with Crippen LogP contribution in [0.1, 0.15) is 25.7 Å². The van der Waals surface area contributed by atoms with Crippen LogP contribution >= 0.6 is 0 Å². The Morgan fingerprint density at radius 3 is 2.27 bits per heavy atom. The van der Waals surface area contributed by atoms with Gasteiger partial charge in [-0.25, -0.2) is 8.78 Å². The molecule has 1 saturated carbocycles. The second kappa shape index (κ2) is 3.81. The lowest BCUT2D eigenvalue weighted by molar-refractivity contribution is 0.0236. The van der Waals surface area contributed by atoms with Crippen LogP contribution in [0.4, 0.5) is 8.78 Å². The molecule has 1 rings (SSSR count). The van der Waals surface area contributed by atoms with Gasteiger partial charge in [-0.3, -0.25) is 0 Å². The third-order valence-corrected chi connectivity index (χ3v) is 1.91. The molecule has 64 valence electrons. The second-order valence-corrected chi connectivity index (χ2v) is 2.86. The molecule has 1 fully saturated rings. The molecule has 0 heterocycles. The number of hydrogen-bond donors (Lipinski definition) is 1. The minimum Gasteiger partial charge on any atom is -0.383 e. The van der Waals surface area contributed by atoms with Gasteiger partial charge in [-0.15, -0.1) is 0 Å². The lowest BCUT2D eigenvalue weighted by Gasteiger charge is -2.04. The van der Waals surface area contributed by atoms with E-state index < -0.39 is 12.5 Å². The molecule has 0 aromatic carbocycles. The van der Waals surface area contributed by atoms with Crippen LogP contribution in [0.5, 0.6) is 0 Å². The molecule has 11 heavy (non-hydrogen) atoms. The van der Waals surface area contributed by atoms with E-state index in [1.54, 1.807) is 0 Å². The molecule has 0 aromatic heterocycles. The first-order valence-corrected chi connectivity index (χ1v) is 3.86. The zero-order valence-corrected chi connectivity index (χ0v) is 6.26. The summed E-state index contributed by atoms with van der Waals surface area (Å²) in [5.41, 5.74) is 0.984. The van der Waals surface area contributed by atoms with Crippen LogP contribution < -0.4 is 0 Å². The zero-order chi connectivity index (χ0) is 8.27. The van der Waals surface area contributed by atoms with E-state index >= 15 is 0 Å². The van der Waals surface area contributed by atoms with Gasteiger partial charge >= 0.3 is 0 Å². The van der Waals surface area contributed by atoms with Crippen molar-refractivity contribution in [1.29, 1.82) is 0 Å². The van der Waals surface area contributed by atoms with Crippen LogP contribution in [-0.4, -0.2) is 17.6 Å². The molecule has 0 spiro atoms. The van der Waals surface area contributed by atoms with Gasteiger partial charge in [0.1, 0.15) is 6.10 Å². The Morgan fingerprint density at radius 1 is 1.27 bits per heavy atom. The fourth-order valence-corrected chi connectivity index (χ4v) is 1.31. The summed E-state index contributed by atoms with van der Waals surface area (Å²) in [5.74, 6) is 0. The van der Waals surface area contributed by atoms with Gasteiger partial charge in [0, 0.05) is 0 Å². The van der Waals surface area contributed by atoms with Gasteiger partial charge in [-0.2, -0.15) is 0 Å². The molecule has 0 amide bonds. The highest BCUT2D eigenvalue weighted by Crippen LogP contribution is 2.24. The van der Waals surface area contributed by atoms with Gasteiger partial charge in [-0.1, -0.05) is 11.6 Å². The maximum absolute atomic E-state index is 11.8. The van der Waals surface area contributed by atoms with E-state index in [0.717, 1.165) is 31.3 Å². The van der Waals surface area contributed by atoms with Gasteiger partial charge < -0.3 is 5.11 Å². The monoisotopic (exact) mass is 162 g/mol. The highest BCUT2D eigenvalue weighted by molar-refractivity contribution is 5.08. The summed E-state index contributed by atoms with van der Waals surface area (Å²) >= 11 is 0. The van der Waals surface area contributed by atoms with Crippen molar-refractivity contribution in [3.05, 3.63) is 11.6 Å². The van der Waals surface area contributed by atoms with Crippen LogP contribution in [0.2, 0.25) is 0 Å². The molecule has 0 saturated heterocycles. The third-order valence-electron chi connectivity index (χ3n) is 1.91. The normalized spacial score (nSPS) is 20.9. The van der Waals surface area contributed by atoms with E-state index in [1.165, 1.54) is 6.08 Å². The third kappa shape index (κ3) is 2.58. The average Bonchev–Trinajstić information content (AvgIpc) is 2.39. The van der Waals surface area contributed by atoms with E-state index in [9.17, 15) is 8.78 Å². The highest BCUT2D eigenvalue weighted by atomic mass is 19.3. The van der Waals surface area contributed by atoms with E-state index in [4.69, 9.17) is 5.11 Å². The Labute approximate surface area is 64.7 Å². The molecular weight excluding hydrogens is 150 g/mol. The Hall–Kier alpha value is -0.440. The summed E-state index contributed by atoms with van der Waals surface area (Å²) in [6, 6.07) is 0. The number of aliphatic hydroxyl groups excluding tert-OH is 1. The predicted octanol–water partition coefficient (Wildman–Crippen LogP) is 2.11. The van der Waals surface area contributed by atoms with Crippen molar-refractivity contribution < 1.29 is 13.9 Å². The lowest BCUT2D eigenvalue weighted by Crippen LogP contribution is -2.14. The molecule has 1 aliphatic carbocycles. The molecule has 0 aliphatic heterocycles. The van der Waals surface area contributed by atoms with Crippen LogP contribution in [0, 0.1) is 0 Å². The first kappa shape index (κ1) is 8.65. The number of halogens is 2. The first-order valence-electron chi connectivity index (χ1n) is 3.86. The molecule has 3 heteroatoms. The second-order valence-electron chi connectivity index (χ2n) is 2.86. The molecule has 1 aliphatic rings. The van der Waals surface area contributed by atoms with Crippen molar-refractivity contribution in [2.24, 2.45) is 0 Å². The van der Waals surface area contributed by atoms with Crippen molar-refractivity contribution in [3.8, 4) is 0 Å². The fraction of sp³-hybridized carbons (Fsp3) is 0.750. The Balaban J connectivity index is 2.42. The quantitative estimate of drug-likeness (QED) is 0.616. The van der Waals surface area contributed by atoms with Crippen molar-refractivity contribution in [2.75, 3.05) is 0 Å². The van der Waals surface area contributed by atoms with Crippen molar-refractivity contribution in [3.63, 3.8) is 0 Å². The molecule has 0 radical (unpaired) electrons. The summed E-state index contributed by atoms with van der Waals surface area (Å²) in [7, 11) is 0. The Kier molecular flexibility index (Phi) is 3.00. The van der Waals surface area contributed by atoms with Crippen molar-refractivity contribution >= 4 is 0 Å². The largest absolute Gasteiger partial charge is 0.383 e. The lowest BCUT2D eigenvalue weighted by atomic mass is 10.2. The summed E-state index contributed by atoms with van der Waals surface area (Å²) < 4.78 is 23.6. The van der Waals surface area contributed by atoms with E-state index in [0.29, 0.717) is 0 Å². The van der Waals surface area contributed by atoms with Gasteiger partial charge in [0.2, 0.25) is 0 Å². The first-order chi connectivity index (χ1) is 5.20. The van der Waals surface area contributed by atoms with Crippen LogP contribution in [0.3, 0.4) is 0 Å². The van der Waals surface area contributed by atoms with Crippen molar-refractivity contribution in [2.45, 2.75) is 38.2 Å². The number of hydrogen-bond acceptors (Lipinski definition) is 1. The summed E-state index contributed by atoms with van der Waals surface area (Å²) in [5, 5.41) is 8.76. The van der Waals surface area contributed by atoms with Gasteiger partial charge in [-0.05, 0) is 25.7 Å². The van der Waals surface area contributed by atoms with Gasteiger partial charge in [0.05, 0.1) is 0 Å². The predicted molar refractivity (Wildman–Crippen MR) is 38.6 cm³/mol. The number of alkyl halides is 2. The molecular formula is C8H12F2O. The molecule has 1 nitrogen and oxygen atoms in total. The van der Waals surface area contributed by atoms with Crippen LogP contribution in [0.15, 0.2) is 11.6 Å². The summed E-state index contributed by atoms with van der Waals surface area (Å²) in [4.78, 5) is 0. The van der Waals surface area contributed by atoms with Crippen LogP contribution in [0.25, 0.3) is 0 Å². The fourth-order valence-electron chi connectivity index (χ4n) is 1.31. The minimum absolute atomic E-state index is 0.879. The zero-order valence-electron chi connectivity index (χ0n) is 6.26. The molecule has 1 atom stereocenters. The minimum atomic E-state index is -2.64. The summed E-state index contributed by atoms with van der Waals surface area (Å²) in [6.07, 6.45) is 1.01. The Bertz CT molecular complexity index is 146. The molecule has 0 aromatic rings.